The summed E-state index contributed by atoms with van der Waals surface area (Å²) >= 11 is 9.57. The van der Waals surface area contributed by atoms with Gasteiger partial charge in [-0.15, -0.1) is 0 Å². The predicted molar refractivity (Wildman–Crippen MR) is 205 cm³/mol. The number of esters is 6. The molecule has 0 fully saturated rings. The number of benzene rings is 1. The Bertz CT molecular complexity index is 1320. The first kappa shape index (κ1) is 49.4. The van der Waals surface area contributed by atoms with Gasteiger partial charge in [0.05, 0.1) is 52.8 Å². The van der Waals surface area contributed by atoms with Gasteiger partial charge in [-0.05, 0) is 59.7 Å². The Balaban J connectivity index is 3.37. The van der Waals surface area contributed by atoms with Crippen molar-refractivity contribution in [2.45, 2.75) is 75.3 Å². The van der Waals surface area contributed by atoms with Crippen molar-refractivity contribution in [1.29, 1.82) is 0 Å². The maximum absolute atomic E-state index is 13.3. The highest BCUT2D eigenvalue weighted by molar-refractivity contribution is 9.10. The highest BCUT2D eigenvalue weighted by Gasteiger charge is 2.35. The van der Waals surface area contributed by atoms with E-state index in [1.54, 1.807) is 41.5 Å². The van der Waals surface area contributed by atoms with Gasteiger partial charge in [0, 0.05) is 0 Å². The van der Waals surface area contributed by atoms with Crippen molar-refractivity contribution in [3.63, 3.8) is 0 Å². The lowest BCUT2D eigenvalue weighted by atomic mass is 9.94. The average Bonchev–Trinajstić information content (AvgIpc) is 3.10. The quantitative estimate of drug-likeness (QED) is 0.0889. The molecule has 0 aliphatic heterocycles. The van der Waals surface area contributed by atoms with E-state index in [0.29, 0.717) is 0 Å². The van der Waals surface area contributed by atoms with Crippen molar-refractivity contribution in [3.8, 4) is 0 Å². The van der Waals surface area contributed by atoms with Crippen LogP contribution in [0.4, 0.5) is 0 Å². The maximum atomic E-state index is 13.3. The summed E-state index contributed by atoms with van der Waals surface area (Å²) in [7, 11) is 0. The second-order valence-corrected chi connectivity index (χ2v) is 21.5. The summed E-state index contributed by atoms with van der Waals surface area (Å²) in [5.74, 6) is -4.94. The Labute approximate surface area is 340 Å². The third-order valence-electron chi connectivity index (χ3n) is 7.55. The zero-order valence-corrected chi connectivity index (χ0v) is 36.7. The van der Waals surface area contributed by atoms with Gasteiger partial charge in [-0.25, -0.2) is 14.4 Å². The zero-order chi connectivity index (χ0) is 41.9. The summed E-state index contributed by atoms with van der Waals surface area (Å²) in [5.41, 5.74) is -4.59. The number of hydrogen-bond donors (Lipinski definition) is 3. The number of alkyl halides is 3. The van der Waals surface area contributed by atoms with Crippen LogP contribution in [0.15, 0.2) is 18.2 Å². The maximum Gasteiger partial charge on any atom is 0.338 e. The molecular weight excluding hydrogens is 912 g/mol. The van der Waals surface area contributed by atoms with Gasteiger partial charge in [-0.2, -0.15) is 0 Å². The molecule has 3 N–H and O–H groups in total. The minimum atomic E-state index is -1.23. The molecule has 0 radical (unpaired) electrons. The van der Waals surface area contributed by atoms with E-state index in [9.17, 15) is 44.1 Å². The Hall–Kier alpha value is -2.64. The Morgan fingerprint density at radius 1 is 0.426 bits per heavy atom. The van der Waals surface area contributed by atoms with Crippen LogP contribution in [0.5, 0.6) is 0 Å². The number of rotatable bonds is 21. The van der Waals surface area contributed by atoms with Crippen LogP contribution in [0.25, 0.3) is 0 Å². The monoisotopic (exact) mass is 960 g/mol. The van der Waals surface area contributed by atoms with E-state index in [1.165, 1.54) is 20.8 Å². The molecule has 1 aromatic rings. The largest absolute Gasteiger partial charge is 0.464 e. The molecule has 0 saturated carbocycles. The van der Waals surface area contributed by atoms with Crippen LogP contribution in [0.3, 0.4) is 0 Å². The summed E-state index contributed by atoms with van der Waals surface area (Å²) < 4.78 is 29.0. The highest BCUT2D eigenvalue weighted by Crippen LogP contribution is 2.26. The van der Waals surface area contributed by atoms with Gasteiger partial charge >= 0.3 is 35.8 Å². The molecule has 0 amide bonds. The first-order valence-electron chi connectivity index (χ1n) is 16.6. The number of aliphatic hydroxyl groups excluding tert-OH is 3. The highest BCUT2D eigenvalue weighted by atomic mass is 79.9. The number of aliphatic hydroxyl groups is 3. The second kappa shape index (κ2) is 20.0. The van der Waals surface area contributed by atoms with E-state index >= 15 is 0 Å². The van der Waals surface area contributed by atoms with Crippen molar-refractivity contribution in [3.05, 3.63) is 34.9 Å². The van der Waals surface area contributed by atoms with Crippen LogP contribution in [0, 0.1) is 16.2 Å². The van der Waals surface area contributed by atoms with Gasteiger partial charge in [0.2, 0.25) is 0 Å². The van der Waals surface area contributed by atoms with E-state index in [0.717, 1.165) is 18.2 Å². The van der Waals surface area contributed by atoms with Crippen molar-refractivity contribution in [2.24, 2.45) is 16.2 Å². The summed E-state index contributed by atoms with van der Waals surface area (Å²) in [4.78, 5) is 76.8. The number of ether oxygens (including phenoxy) is 6. The van der Waals surface area contributed by atoms with Gasteiger partial charge in [0.15, 0.2) is 0 Å². The predicted octanol–water partition coefficient (Wildman–Crippen LogP) is 4.30. The van der Waals surface area contributed by atoms with Gasteiger partial charge in [0.1, 0.15) is 52.6 Å². The van der Waals surface area contributed by atoms with E-state index in [-0.39, 0.29) is 36.5 Å². The SMILES string of the molecule is CC(CO)(COC(=O)c1cc(C(=O)OCC(C)(CO)COC(=O)C(C)(C)Br)cc(C(=O)OCC(C)(CO)COC(=O)C(C)(C)Br)c1)COC(=O)C(C)(C)Br. The summed E-state index contributed by atoms with van der Waals surface area (Å²) in [6.07, 6.45) is 0. The molecule has 0 spiro atoms. The van der Waals surface area contributed by atoms with Crippen molar-refractivity contribution < 1.29 is 72.5 Å². The van der Waals surface area contributed by atoms with E-state index in [4.69, 9.17) is 28.4 Å². The molecule has 0 bridgehead atoms. The molecule has 0 aliphatic carbocycles. The molecule has 15 nitrogen and oxygen atoms in total. The van der Waals surface area contributed by atoms with Crippen molar-refractivity contribution >= 4 is 83.6 Å². The molecule has 1 rings (SSSR count). The van der Waals surface area contributed by atoms with Crippen LogP contribution >= 0.6 is 47.8 Å². The Morgan fingerprint density at radius 3 is 0.778 bits per heavy atom. The third kappa shape index (κ3) is 16.2. The molecule has 0 aromatic heterocycles. The molecule has 306 valence electrons. The lowest BCUT2D eigenvalue weighted by Crippen LogP contribution is -2.38. The molecule has 54 heavy (non-hydrogen) atoms. The van der Waals surface area contributed by atoms with Crippen molar-refractivity contribution in [1.82, 2.24) is 0 Å². The zero-order valence-electron chi connectivity index (χ0n) is 32.0. The molecule has 0 aliphatic rings. The van der Waals surface area contributed by atoms with E-state index in [1.807, 2.05) is 0 Å². The standard InChI is InChI=1S/C36H51Br3O15/c1-31(2,37)28(46)52-19-34(7,13-40)16-49-25(43)22-10-23(26(44)50-17-35(8,14-41)20-53-29(47)32(3,4)38)12-24(11-22)27(45)51-18-36(9,15-42)21-54-30(48)33(5,6)39/h10-12,40-42H,13-21H2,1-9H3. The summed E-state index contributed by atoms with van der Waals surface area (Å²) in [6, 6.07) is 3.27. The molecule has 0 heterocycles. The number of carbonyl (C=O) groups is 6. The van der Waals surface area contributed by atoms with Crippen LogP contribution in [-0.4, -0.2) is 124 Å². The number of halogens is 3. The van der Waals surface area contributed by atoms with Gasteiger partial charge in [-0.3, -0.25) is 14.4 Å². The van der Waals surface area contributed by atoms with Gasteiger partial charge < -0.3 is 43.7 Å². The molecule has 18 heteroatoms. The number of hydrogen-bond acceptors (Lipinski definition) is 15. The van der Waals surface area contributed by atoms with Crippen LogP contribution in [0.1, 0.15) is 93.4 Å². The fraction of sp³-hybridized carbons (Fsp3) is 0.667. The normalized spacial score (nSPS) is 15.4. The van der Waals surface area contributed by atoms with Crippen LogP contribution in [0.2, 0.25) is 0 Å². The third-order valence-corrected chi connectivity index (χ3v) is 8.52. The van der Waals surface area contributed by atoms with Crippen LogP contribution < -0.4 is 0 Å². The summed E-state index contributed by atoms with van der Waals surface area (Å²) in [5, 5.41) is 30.0. The molecule has 3 unspecified atom stereocenters. The van der Waals surface area contributed by atoms with Gasteiger partial charge in [0.25, 0.3) is 0 Å². The topological polar surface area (TPSA) is 218 Å². The molecule has 0 saturated heterocycles. The van der Waals surface area contributed by atoms with Gasteiger partial charge in [-0.1, -0.05) is 68.6 Å². The van der Waals surface area contributed by atoms with E-state index < -0.39 is 105 Å². The first-order valence-corrected chi connectivity index (χ1v) is 19.0. The fourth-order valence-corrected chi connectivity index (χ4v) is 3.93. The Morgan fingerprint density at radius 2 is 0.611 bits per heavy atom. The van der Waals surface area contributed by atoms with Crippen molar-refractivity contribution in [2.75, 3.05) is 59.5 Å². The molecular formula is C36H51Br3O15. The first-order chi connectivity index (χ1) is 24.5. The second-order valence-electron chi connectivity index (χ2n) is 15.6. The summed E-state index contributed by atoms with van der Waals surface area (Å²) in [6.45, 7) is 10.1. The van der Waals surface area contributed by atoms with Crippen LogP contribution in [-0.2, 0) is 42.8 Å². The molecule has 3 atom stereocenters. The van der Waals surface area contributed by atoms with E-state index in [2.05, 4.69) is 47.8 Å². The smallest absolute Gasteiger partial charge is 0.338 e. The number of carbonyl (C=O) groups excluding carboxylic acids is 6. The minimum Gasteiger partial charge on any atom is -0.464 e. The lowest BCUT2D eigenvalue weighted by molar-refractivity contribution is -0.151. The molecule has 1 aromatic carbocycles. The minimum absolute atomic E-state index is 0.299. The fourth-order valence-electron chi connectivity index (χ4n) is 3.58. The lowest BCUT2D eigenvalue weighted by Gasteiger charge is -2.28. The average molecular weight is 964 g/mol. The Kier molecular flexibility index (Phi) is 18.3.